The Bertz CT molecular complexity index is 1250. The molecule has 14 heteroatoms. The van der Waals surface area contributed by atoms with Crippen LogP contribution < -0.4 is 0 Å². The number of hydrogen-bond acceptors (Lipinski definition) is 7. The van der Waals surface area contributed by atoms with E-state index < -0.39 is 40.8 Å². The summed E-state index contributed by atoms with van der Waals surface area (Å²) in [7, 11) is 0. The highest BCUT2D eigenvalue weighted by molar-refractivity contribution is 6.35. The van der Waals surface area contributed by atoms with Crippen LogP contribution in [0.4, 0.5) is 13.2 Å². The second-order valence-corrected chi connectivity index (χ2v) is 13.1. The van der Waals surface area contributed by atoms with Crippen molar-refractivity contribution in [2.45, 2.75) is 85.0 Å². The zero-order valence-electron chi connectivity index (χ0n) is 24.4. The van der Waals surface area contributed by atoms with Gasteiger partial charge >= 0.3 is 12.1 Å². The Morgan fingerprint density at radius 3 is 2.31 bits per heavy atom. The van der Waals surface area contributed by atoms with E-state index in [2.05, 4.69) is 15.2 Å². The summed E-state index contributed by atoms with van der Waals surface area (Å²) in [5.74, 6) is -0.720. The molecule has 1 unspecified atom stereocenters. The van der Waals surface area contributed by atoms with Gasteiger partial charge in [0.15, 0.2) is 11.5 Å². The van der Waals surface area contributed by atoms with Crippen LogP contribution >= 0.6 is 23.2 Å². The minimum absolute atomic E-state index is 0.0873. The maximum atomic E-state index is 14.7. The summed E-state index contributed by atoms with van der Waals surface area (Å²) in [5.41, 5.74) is -2.19. The molecule has 0 amide bonds. The van der Waals surface area contributed by atoms with Crippen molar-refractivity contribution in [1.82, 2.24) is 19.7 Å². The molecule has 0 radical (unpaired) electrons. The predicted octanol–water partition coefficient (Wildman–Crippen LogP) is 6.90. The van der Waals surface area contributed by atoms with Crippen LogP contribution in [0.5, 0.6) is 0 Å². The van der Waals surface area contributed by atoms with E-state index in [9.17, 15) is 28.3 Å². The zero-order chi connectivity index (χ0) is 31.5. The quantitative estimate of drug-likeness (QED) is 0.101. The Balaban J connectivity index is 1.97. The van der Waals surface area contributed by atoms with Gasteiger partial charge in [0.05, 0.1) is 47.0 Å². The van der Waals surface area contributed by atoms with Crippen molar-refractivity contribution in [3.05, 3.63) is 45.5 Å². The van der Waals surface area contributed by atoms with Crippen LogP contribution in [0.15, 0.2) is 23.7 Å². The van der Waals surface area contributed by atoms with Crippen LogP contribution in [-0.4, -0.2) is 61.5 Å². The number of amidine groups is 1. The van der Waals surface area contributed by atoms with Crippen molar-refractivity contribution >= 4 is 35.0 Å². The number of rotatable bonds is 9. The van der Waals surface area contributed by atoms with Crippen molar-refractivity contribution in [2.75, 3.05) is 19.7 Å². The molecule has 1 atom stereocenters. The molecule has 1 aliphatic carbocycles. The second kappa shape index (κ2) is 13.4. The van der Waals surface area contributed by atoms with Crippen molar-refractivity contribution < 1.29 is 33.0 Å². The van der Waals surface area contributed by atoms with Gasteiger partial charge in [-0.15, -0.1) is 0 Å². The number of carbonyl (C=O) groups is 1. The molecule has 0 aliphatic heterocycles. The lowest BCUT2D eigenvalue weighted by Gasteiger charge is -2.37. The molecule has 0 aromatic carbocycles. The number of aliphatic hydroxyl groups is 1. The summed E-state index contributed by atoms with van der Waals surface area (Å²) in [5, 5.41) is 28.8. The molecular formula is C28H38Cl2F3N5O4. The number of ether oxygens (including phenoxy) is 1. The fraction of sp³-hybridized carbons (Fsp3) is 0.643. The van der Waals surface area contributed by atoms with Gasteiger partial charge in [0.25, 0.3) is 0 Å². The van der Waals surface area contributed by atoms with E-state index in [-0.39, 0.29) is 53.1 Å². The molecule has 1 aliphatic rings. The molecule has 0 bridgehead atoms. The van der Waals surface area contributed by atoms with Crippen molar-refractivity contribution in [1.29, 1.82) is 0 Å². The van der Waals surface area contributed by atoms with E-state index in [1.165, 1.54) is 17.3 Å². The third kappa shape index (κ3) is 8.29. The van der Waals surface area contributed by atoms with Gasteiger partial charge in [-0.3, -0.25) is 14.5 Å². The molecule has 2 aromatic rings. The molecule has 9 nitrogen and oxygen atoms in total. The molecule has 234 valence electrons. The van der Waals surface area contributed by atoms with E-state index >= 15 is 0 Å². The first-order chi connectivity index (χ1) is 19.5. The first-order valence-corrected chi connectivity index (χ1v) is 14.5. The lowest BCUT2D eigenvalue weighted by Crippen LogP contribution is -2.41. The molecule has 1 fully saturated rings. The molecule has 3 rings (SSSR count). The van der Waals surface area contributed by atoms with Crippen molar-refractivity contribution in [3.63, 3.8) is 0 Å². The van der Waals surface area contributed by atoms with Gasteiger partial charge < -0.3 is 20.0 Å². The van der Waals surface area contributed by atoms with Crippen LogP contribution in [0.2, 0.25) is 10.0 Å². The third-order valence-corrected chi connectivity index (χ3v) is 7.97. The monoisotopic (exact) mass is 635 g/mol. The topological polar surface area (TPSA) is 113 Å². The first kappa shape index (κ1) is 33.9. The van der Waals surface area contributed by atoms with E-state index in [0.29, 0.717) is 25.7 Å². The maximum absolute atomic E-state index is 14.7. The Hall–Kier alpha value is -2.57. The number of oxime groups is 1. The van der Waals surface area contributed by atoms with Gasteiger partial charge in [-0.2, -0.15) is 18.3 Å². The number of nitrogens with zero attached hydrogens (tertiary/aromatic N) is 5. The van der Waals surface area contributed by atoms with E-state index in [1.807, 2.05) is 27.7 Å². The summed E-state index contributed by atoms with van der Waals surface area (Å²) >= 11 is 12.4. The molecular weight excluding hydrogens is 598 g/mol. The normalized spacial score (nSPS) is 20.8. The molecule has 2 heterocycles. The molecule has 2 aromatic heterocycles. The summed E-state index contributed by atoms with van der Waals surface area (Å²) in [6.45, 7) is 9.34. The molecule has 0 saturated heterocycles. The summed E-state index contributed by atoms with van der Waals surface area (Å²) in [4.78, 5) is 17.3. The minimum Gasteiger partial charge on any atom is -0.466 e. The number of halogens is 5. The second-order valence-electron chi connectivity index (χ2n) is 12.3. The fourth-order valence-electron chi connectivity index (χ4n) is 5.49. The first-order valence-electron chi connectivity index (χ1n) is 13.7. The van der Waals surface area contributed by atoms with E-state index in [1.54, 1.807) is 6.92 Å². The third-order valence-electron chi connectivity index (χ3n) is 7.37. The fourth-order valence-corrected chi connectivity index (χ4v) is 6.11. The van der Waals surface area contributed by atoms with Gasteiger partial charge in [0.2, 0.25) is 0 Å². The van der Waals surface area contributed by atoms with Crippen LogP contribution in [-0.2, 0) is 15.7 Å². The number of aromatic nitrogens is 3. The Kier molecular flexibility index (Phi) is 10.8. The van der Waals surface area contributed by atoms with Gasteiger partial charge in [-0.1, -0.05) is 56.1 Å². The van der Waals surface area contributed by atoms with Crippen LogP contribution in [0.3, 0.4) is 0 Å². The largest absolute Gasteiger partial charge is 0.466 e. The zero-order valence-corrected chi connectivity index (χ0v) is 25.9. The van der Waals surface area contributed by atoms with Gasteiger partial charge in [0.1, 0.15) is 0 Å². The number of alkyl halides is 3. The summed E-state index contributed by atoms with van der Waals surface area (Å²) in [6, 6.07) is -0.582. The maximum Gasteiger partial charge on any atom is 0.433 e. The predicted molar refractivity (Wildman–Crippen MR) is 153 cm³/mol. The van der Waals surface area contributed by atoms with Gasteiger partial charge in [-0.05, 0) is 43.4 Å². The number of carbonyl (C=O) groups excluding carboxylic acids is 1. The van der Waals surface area contributed by atoms with Gasteiger partial charge in [-0.25, -0.2) is 0 Å². The SMILES string of the molecule is CCOC(=O)CC1(C)CCC(n2ncc(C(=NO)N(CC(O)c3c(Cl)cncc3Cl)CC(C)(C)C)c2C(F)(F)F)CC1. The van der Waals surface area contributed by atoms with Crippen LogP contribution in [0.25, 0.3) is 0 Å². The summed E-state index contributed by atoms with van der Waals surface area (Å²) < 4.78 is 50.0. The highest BCUT2D eigenvalue weighted by atomic mass is 35.5. The van der Waals surface area contributed by atoms with Crippen molar-refractivity contribution in [2.24, 2.45) is 16.0 Å². The Labute approximate surface area is 253 Å². The highest BCUT2D eigenvalue weighted by Crippen LogP contribution is 2.45. The molecule has 42 heavy (non-hydrogen) atoms. The lowest BCUT2D eigenvalue weighted by atomic mass is 9.72. The average Bonchev–Trinajstić information content (AvgIpc) is 3.29. The molecule has 2 N–H and O–H groups in total. The minimum atomic E-state index is -4.84. The smallest absolute Gasteiger partial charge is 0.433 e. The highest BCUT2D eigenvalue weighted by Gasteiger charge is 2.44. The van der Waals surface area contributed by atoms with E-state index in [4.69, 9.17) is 27.9 Å². The number of hydrogen-bond donors (Lipinski definition) is 2. The number of aliphatic hydroxyl groups excluding tert-OH is 1. The van der Waals surface area contributed by atoms with E-state index in [0.717, 1.165) is 10.9 Å². The molecule has 1 saturated carbocycles. The van der Waals surface area contributed by atoms with Crippen LogP contribution in [0.1, 0.15) is 95.7 Å². The Morgan fingerprint density at radius 1 is 1.21 bits per heavy atom. The lowest BCUT2D eigenvalue weighted by molar-refractivity contribution is -0.146. The Morgan fingerprint density at radius 2 is 1.81 bits per heavy atom. The number of pyridine rings is 1. The van der Waals surface area contributed by atoms with Crippen molar-refractivity contribution in [3.8, 4) is 0 Å². The van der Waals surface area contributed by atoms with Gasteiger partial charge in [0, 0.05) is 31.0 Å². The van der Waals surface area contributed by atoms with Crippen LogP contribution in [0, 0.1) is 10.8 Å². The average molecular weight is 637 g/mol. The number of esters is 1. The summed E-state index contributed by atoms with van der Waals surface area (Å²) in [6.07, 6.45) is -0.573. The molecule has 0 spiro atoms. The standard InChI is InChI=1S/C28H38Cl2F3N5O4/c1-6-42-22(40)11-27(5)9-7-17(8-10-27)38-24(28(31,32)33)18(12-35-38)25(36-41)37(16-26(2,3)4)15-21(39)23-19(29)13-34-14-20(23)30/h12-14,17,21,39,41H,6-11,15-16H2,1-5H3.